The van der Waals surface area contributed by atoms with Crippen LogP contribution in [-0.2, 0) is 27.4 Å². The molecule has 0 aliphatic rings. The summed E-state index contributed by atoms with van der Waals surface area (Å²) in [5.41, 5.74) is 1.47. The van der Waals surface area contributed by atoms with Crippen LogP contribution in [0.15, 0.2) is 99.6 Å². The summed E-state index contributed by atoms with van der Waals surface area (Å²) >= 11 is 0. The Bertz CT molecular complexity index is 1020. The fourth-order valence-corrected chi connectivity index (χ4v) is 5.68. The number of benzene rings is 3. The third-order valence-electron chi connectivity index (χ3n) is 5.40. The number of unbranched alkanes of at least 4 members (excludes halogenated alkanes) is 6. The molecule has 0 bridgehead atoms. The Hall–Kier alpha value is -2.22. The van der Waals surface area contributed by atoms with Gasteiger partial charge in [-0.2, -0.15) is 8.78 Å². The summed E-state index contributed by atoms with van der Waals surface area (Å²) in [6.07, 6.45) is 10.8. The second-order valence-corrected chi connectivity index (χ2v) is 11.6. The van der Waals surface area contributed by atoms with Crippen molar-refractivity contribution in [1.82, 2.24) is 0 Å². The SMILES string of the molecule is CCCCCCCCCc1ccc([S+](c2ccccc2)c2ccccc2)cc1.O=S(=O)([O-])C(F)F. The van der Waals surface area contributed by atoms with Gasteiger partial charge < -0.3 is 4.55 Å². The molecule has 0 spiro atoms. The van der Waals surface area contributed by atoms with E-state index in [2.05, 4.69) is 91.9 Å². The number of hydrogen-bond donors (Lipinski definition) is 0. The van der Waals surface area contributed by atoms with Gasteiger partial charge >= 0.3 is 5.76 Å². The smallest absolute Gasteiger partial charge is 0.325 e. The molecule has 0 aliphatic heterocycles. The molecule has 0 aliphatic carbocycles. The van der Waals surface area contributed by atoms with E-state index in [-0.39, 0.29) is 10.9 Å². The van der Waals surface area contributed by atoms with Crippen LogP contribution in [0.3, 0.4) is 0 Å². The van der Waals surface area contributed by atoms with Crippen LogP contribution in [0.25, 0.3) is 0 Å². The standard InChI is InChI=1S/C27H33S.CH2F2O3S/c1-2-3-4-5-6-7-10-15-24-20-22-27(23-21-24)28(25-16-11-8-12-17-25)26-18-13-9-14-19-26;2-1(3)7(4,5)6/h8-9,11-14,16-23H,2-7,10,15H2,1H3;1H,(H,4,5,6)/q+1;/p-1. The van der Waals surface area contributed by atoms with Gasteiger partial charge in [0.05, 0.1) is 10.9 Å². The lowest BCUT2D eigenvalue weighted by atomic mass is 10.0. The van der Waals surface area contributed by atoms with Crippen molar-refractivity contribution in [2.45, 2.75) is 78.7 Å². The molecule has 0 radical (unpaired) electrons. The highest BCUT2D eigenvalue weighted by atomic mass is 32.2. The minimum Gasteiger partial charge on any atom is -0.744 e. The number of aryl methyl sites for hydroxylation is 1. The highest BCUT2D eigenvalue weighted by Crippen LogP contribution is 2.31. The third-order valence-corrected chi connectivity index (χ3v) is 8.07. The van der Waals surface area contributed by atoms with Gasteiger partial charge in [0.25, 0.3) is 0 Å². The van der Waals surface area contributed by atoms with Crippen LogP contribution in [0.1, 0.15) is 57.4 Å². The monoisotopic (exact) mass is 520 g/mol. The number of hydrogen-bond acceptors (Lipinski definition) is 3. The highest BCUT2D eigenvalue weighted by molar-refractivity contribution is 7.97. The van der Waals surface area contributed by atoms with Gasteiger partial charge in [0.15, 0.2) is 24.8 Å². The van der Waals surface area contributed by atoms with Crippen molar-refractivity contribution >= 4 is 21.0 Å². The first-order chi connectivity index (χ1) is 16.8. The molecule has 35 heavy (non-hydrogen) atoms. The van der Waals surface area contributed by atoms with Crippen molar-refractivity contribution in [3.8, 4) is 0 Å². The predicted molar refractivity (Wildman–Crippen MR) is 139 cm³/mol. The maximum absolute atomic E-state index is 10.6. The Morgan fingerprint density at radius 1 is 0.686 bits per heavy atom. The van der Waals surface area contributed by atoms with E-state index in [9.17, 15) is 8.78 Å². The molecule has 0 saturated carbocycles. The first-order valence-corrected chi connectivity index (χ1v) is 14.7. The Morgan fingerprint density at radius 2 is 1.09 bits per heavy atom. The Kier molecular flexibility index (Phi) is 13.0. The minimum atomic E-state index is -5.32. The molecule has 3 aromatic carbocycles. The molecule has 0 saturated heterocycles. The highest BCUT2D eigenvalue weighted by Gasteiger charge is 2.27. The molecular weight excluding hydrogens is 486 g/mol. The molecular formula is C28H34F2O3S2. The van der Waals surface area contributed by atoms with Crippen molar-refractivity contribution in [2.75, 3.05) is 0 Å². The fraction of sp³-hybridized carbons (Fsp3) is 0.357. The lowest BCUT2D eigenvalue weighted by molar-refractivity contribution is 0.215. The first-order valence-electron chi connectivity index (χ1n) is 12.0. The number of alkyl halides is 2. The van der Waals surface area contributed by atoms with E-state index >= 15 is 0 Å². The molecule has 0 fully saturated rings. The Labute approximate surface area is 211 Å². The molecule has 0 N–H and O–H groups in total. The molecule has 3 rings (SSSR count). The van der Waals surface area contributed by atoms with Crippen LogP contribution < -0.4 is 0 Å². The van der Waals surface area contributed by atoms with Crippen LogP contribution in [0.2, 0.25) is 0 Å². The zero-order chi connectivity index (χ0) is 25.5. The molecule has 0 unspecified atom stereocenters. The van der Waals surface area contributed by atoms with Gasteiger partial charge in [-0.15, -0.1) is 0 Å². The fourth-order valence-electron chi connectivity index (χ4n) is 3.60. The molecule has 7 heteroatoms. The molecule has 0 heterocycles. The van der Waals surface area contributed by atoms with Gasteiger partial charge in [0, 0.05) is 0 Å². The van der Waals surface area contributed by atoms with Gasteiger partial charge in [-0.1, -0.05) is 94.0 Å². The summed E-state index contributed by atoms with van der Waals surface area (Å²) in [4.78, 5) is 4.17. The summed E-state index contributed by atoms with van der Waals surface area (Å²) in [5.74, 6) is -3.78. The van der Waals surface area contributed by atoms with Crippen LogP contribution in [0.4, 0.5) is 8.78 Å². The largest absolute Gasteiger partial charge is 0.744 e. The van der Waals surface area contributed by atoms with Crippen molar-refractivity contribution in [1.29, 1.82) is 0 Å². The summed E-state index contributed by atoms with van der Waals surface area (Å²) < 4.78 is 48.4. The topological polar surface area (TPSA) is 57.2 Å². The average molecular weight is 521 g/mol. The quantitative estimate of drug-likeness (QED) is 0.139. The third kappa shape index (κ3) is 10.9. The maximum atomic E-state index is 10.6. The lowest BCUT2D eigenvalue weighted by Gasteiger charge is -2.09. The van der Waals surface area contributed by atoms with Gasteiger partial charge in [-0.05, 0) is 54.8 Å². The molecule has 3 aromatic rings. The summed E-state index contributed by atoms with van der Waals surface area (Å²) in [7, 11) is -5.36. The van der Waals surface area contributed by atoms with Crippen molar-refractivity contribution < 1.29 is 21.8 Å². The van der Waals surface area contributed by atoms with Gasteiger partial charge in [-0.3, -0.25) is 0 Å². The zero-order valence-corrected chi connectivity index (χ0v) is 21.7. The van der Waals surface area contributed by atoms with E-state index in [4.69, 9.17) is 13.0 Å². The zero-order valence-electron chi connectivity index (χ0n) is 20.1. The van der Waals surface area contributed by atoms with Gasteiger partial charge in [0.2, 0.25) is 0 Å². The van der Waals surface area contributed by atoms with Crippen LogP contribution >= 0.6 is 0 Å². The molecule has 3 nitrogen and oxygen atoms in total. The molecule has 190 valence electrons. The van der Waals surface area contributed by atoms with Crippen LogP contribution in [0, 0.1) is 0 Å². The van der Waals surface area contributed by atoms with E-state index in [1.807, 2.05) is 0 Å². The van der Waals surface area contributed by atoms with Gasteiger partial charge in [-0.25, -0.2) is 8.42 Å². The second-order valence-electron chi connectivity index (χ2n) is 8.20. The van der Waals surface area contributed by atoms with Gasteiger partial charge in [0.1, 0.15) is 0 Å². The van der Waals surface area contributed by atoms with E-state index in [1.54, 1.807) is 0 Å². The van der Waals surface area contributed by atoms with Crippen molar-refractivity contribution in [3.63, 3.8) is 0 Å². The molecule has 0 amide bonds. The first kappa shape index (κ1) is 29.0. The Balaban J connectivity index is 0.000000540. The summed E-state index contributed by atoms with van der Waals surface area (Å²) in [5, 5.41) is 0. The minimum absolute atomic E-state index is 0.0351. The lowest BCUT2D eigenvalue weighted by Crippen LogP contribution is -2.08. The maximum Gasteiger partial charge on any atom is 0.325 e. The normalized spacial score (nSPS) is 11.4. The van der Waals surface area contributed by atoms with Crippen molar-refractivity contribution in [3.05, 3.63) is 90.5 Å². The second kappa shape index (κ2) is 15.7. The number of rotatable bonds is 12. The molecule has 0 atom stereocenters. The van der Waals surface area contributed by atoms with Crippen LogP contribution in [-0.4, -0.2) is 18.7 Å². The van der Waals surface area contributed by atoms with E-state index < -0.39 is 15.9 Å². The van der Waals surface area contributed by atoms with Crippen LogP contribution in [0.5, 0.6) is 0 Å². The Morgan fingerprint density at radius 3 is 1.51 bits per heavy atom. The van der Waals surface area contributed by atoms with Crippen molar-refractivity contribution in [2.24, 2.45) is 0 Å². The number of halogens is 2. The van der Waals surface area contributed by atoms with E-state index in [0.717, 1.165) is 0 Å². The van der Waals surface area contributed by atoms with E-state index in [1.165, 1.54) is 71.6 Å². The van der Waals surface area contributed by atoms with E-state index in [0.29, 0.717) is 0 Å². The summed E-state index contributed by atoms with van der Waals surface area (Å²) in [6, 6.07) is 31.2. The molecule has 0 aromatic heterocycles. The summed E-state index contributed by atoms with van der Waals surface area (Å²) in [6.45, 7) is 2.28. The predicted octanol–water partition coefficient (Wildman–Crippen LogP) is 7.83. The average Bonchev–Trinajstić information content (AvgIpc) is 2.86.